The van der Waals surface area contributed by atoms with Crippen LogP contribution in [-0.2, 0) is 14.6 Å². The van der Waals surface area contributed by atoms with Crippen LogP contribution in [0.3, 0.4) is 0 Å². The smallest absolute Gasteiger partial charge is 0.249 e. The molecule has 8 heteroatoms. The number of anilines is 1. The minimum Gasteiger partial charge on any atom is -0.301 e. The number of nitrogens with one attached hydrogen (secondary N) is 1. The van der Waals surface area contributed by atoms with Gasteiger partial charge in [0.15, 0.2) is 20.2 Å². The van der Waals surface area contributed by atoms with Gasteiger partial charge in [-0.2, -0.15) is 0 Å². The molecule has 1 heterocycles. The van der Waals surface area contributed by atoms with E-state index in [1.54, 1.807) is 29.8 Å². The van der Waals surface area contributed by atoms with Gasteiger partial charge < -0.3 is 5.32 Å². The largest absolute Gasteiger partial charge is 0.301 e. The van der Waals surface area contributed by atoms with Gasteiger partial charge in [0.1, 0.15) is 0 Å². The average Bonchev–Trinajstić information content (AvgIpc) is 3.24. The molecule has 0 saturated heterocycles. The summed E-state index contributed by atoms with van der Waals surface area (Å²) < 4.78 is 26.4. The number of aromatic nitrogens is 1. The van der Waals surface area contributed by atoms with Gasteiger partial charge in [-0.1, -0.05) is 36.6 Å². The Morgan fingerprint density at radius 3 is 2.68 bits per heavy atom. The Kier molecular flexibility index (Phi) is 5.46. The van der Waals surface area contributed by atoms with Crippen molar-refractivity contribution in [1.82, 2.24) is 4.98 Å². The molecule has 25 heavy (non-hydrogen) atoms. The lowest BCUT2D eigenvalue weighted by Crippen LogP contribution is -2.33. The van der Waals surface area contributed by atoms with Crippen molar-refractivity contribution in [2.24, 2.45) is 0 Å². The molecule has 134 valence electrons. The molecule has 1 unspecified atom stereocenters. The van der Waals surface area contributed by atoms with Crippen LogP contribution in [0.15, 0.2) is 29.8 Å². The summed E-state index contributed by atoms with van der Waals surface area (Å²) in [4.78, 5) is 16.9. The van der Waals surface area contributed by atoms with E-state index in [-0.39, 0.29) is 0 Å². The molecule has 1 fully saturated rings. The van der Waals surface area contributed by atoms with Gasteiger partial charge in [0, 0.05) is 16.6 Å². The molecule has 1 aromatic heterocycles. The number of amides is 1. The molecule has 1 aliphatic carbocycles. The Balaban J connectivity index is 2.00. The van der Waals surface area contributed by atoms with Crippen LogP contribution in [0.25, 0.3) is 0 Å². The zero-order valence-electron chi connectivity index (χ0n) is 13.7. The number of carbonyl (C=O) groups is 1. The number of sulfone groups is 1. The lowest BCUT2D eigenvalue weighted by atomic mass is 10.1. The van der Waals surface area contributed by atoms with E-state index in [1.807, 2.05) is 6.92 Å². The second-order valence-corrected chi connectivity index (χ2v) is 9.83. The standard InChI is InChI=1S/C17H19ClN2O3S2/c1-11-6-7-12(10-14(11)18)15(16(21)20-17-19-8-9-24-17)25(22,23)13-4-2-3-5-13/h6-10,13,15H,2-5H2,1H3,(H,19,20,21). The van der Waals surface area contributed by atoms with Gasteiger partial charge in [-0.25, -0.2) is 13.4 Å². The maximum atomic E-state index is 13.2. The van der Waals surface area contributed by atoms with Crippen LogP contribution in [-0.4, -0.2) is 24.6 Å². The lowest BCUT2D eigenvalue weighted by molar-refractivity contribution is -0.115. The Bertz CT molecular complexity index is 860. The van der Waals surface area contributed by atoms with E-state index in [9.17, 15) is 13.2 Å². The predicted octanol–water partition coefficient (Wildman–Crippen LogP) is 4.14. The highest BCUT2D eigenvalue weighted by molar-refractivity contribution is 7.93. The van der Waals surface area contributed by atoms with E-state index in [1.165, 1.54) is 11.3 Å². The minimum absolute atomic E-state index is 0.384. The highest BCUT2D eigenvalue weighted by Crippen LogP contribution is 2.36. The third-order valence-electron chi connectivity index (χ3n) is 4.49. The van der Waals surface area contributed by atoms with E-state index < -0.39 is 26.2 Å². The quantitative estimate of drug-likeness (QED) is 0.821. The summed E-state index contributed by atoms with van der Waals surface area (Å²) in [5, 5.41) is 3.42. The van der Waals surface area contributed by atoms with Crippen molar-refractivity contribution in [3.63, 3.8) is 0 Å². The van der Waals surface area contributed by atoms with E-state index >= 15 is 0 Å². The lowest BCUT2D eigenvalue weighted by Gasteiger charge is -2.21. The summed E-state index contributed by atoms with van der Waals surface area (Å²) in [5.74, 6) is -0.582. The molecule has 1 amide bonds. The second kappa shape index (κ2) is 7.43. The number of hydrogen-bond acceptors (Lipinski definition) is 5. The number of aryl methyl sites for hydroxylation is 1. The van der Waals surface area contributed by atoms with Crippen LogP contribution in [0.1, 0.15) is 42.1 Å². The zero-order chi connectivity index (χ0) is 18.0. The molecule has 0 radical (unpaired) electrons. The van der Waals surface area contributed by atoms with Crippen LogP contribution < -0.4 is 5.32 Å². The van der Waals surface area contributed by atoms with Gasteiger partial charge in [0.2, 0.25) is 5.91 Å². The SMILES string of the molecule is Cc1ccc(C(C(=O)Nc2nccs2)S(=O)(=O)C2CCCC2)cc1Cl. The van der Waals surface area contributed by atoms with Crippen LogP contribution in [0.4, 0.5) is 5.13 Å². The fraction of sp³-hybridized carbons (Fsp3) is 0.412. The van der Waals surface area contributed by atoms with Crippen molar-refractivity contribution in [3.05, 3.63) is 45.9 Å². The summed E-state index contributed by atoms with van der Waals surface area (Å²) in [7, 11) is -3.68. The van der Waals surface area contributed by atoms with Gasteiger partial charge in [-0.15, -0.1) is 11.3 Å². The third kappa shape index (κ3) is 3.88. The Morgan fingerprint density at radius 2 is 2.08 bits per heavy atom. The molecule has 0 bridgehead atoms. The molecule has 0 spiro atoms. The molecule has 1 aliphatic rings. The number of nitrogens with zero attached hydrogens (tertiary/aromatic N) is 1. The van der Waals surface area contributed by atoms with Crippen molar-refractivity contribution < 1.29 is 13.2 Å². The summed E-state index contributed by atoms with van der Waals surface area (Å²) in [6, 6.07) is 4.99. The summed E-state index contributed by atoms with van der Waals surface area (Å²) in [6.45, 7) is 1.84. The van der Waals surface area contributed by atoms with Gasteiger partial charge in [0.05, 0.1) is 5.25 Å². The summed E-state index contributed by atoms with van der Waals surface area (Å²) >= 11 is 7.43. The zero-order valence-corrected chi connectivity index (χ0v) is 16.1. The van der Waals surface area contributed by atoms with Crippen LogP contribution in [0.2, 0.25) is 5.02 Å². The van der Waals surface area contributed by atoms with E-state index in [2.05, 4.69) is 10.3 Å². The third-order valence-corrected chi connectivity index (χ3v) is 8.13. The topological polar surface area (TPSA) is 76.1 Å². The molecule has 3 rings (SSSR count). The van der Waals surface area contributed by atoms with Crippen molar-refractivity contribution in [2.75, 3.05) is 5.32 Å². The Labute approximate surface area is 156 Å². The molecular formula is C17H19ClN2O3S2. The average molecular weight is 399 g/mol. The molecule has 1 N–H and O–H groups in total. The van der Waals surface area contributed by atoms with Crippen LogP contribution >= 0.6 is 22.9 Å². The maximum absolute atomic E-state index is 13.2. The van der Waals surface area contributed by atoms with Gasteiger partial charge >= 0.3 is 0 Å². The summed E-state index contributed by atoms with van der Waals surface area (Å²) in [6.07, 6.45) is 4.51. The van der Waals surface area contributed by atoms with E-state index in [0.29, 0.717) is 28.6 Å². The number of carbonyl (C=O) groups excluding carboxylic acids is 1. The first-order chi connectivity index (χ1) is 11.9. The molecule has 1 saturated carbocycles. The number of halogens is 1. The minimum atomic E-state index is -3.68. The second-order valence-electron chi connectivity index (χ2n) is 6.21. The molecule has 2 aromatic rings. The molecular weight excluding hydrogens is 380 g/mol. The fourth-order valence-electron chi connectivity index (χ4n) is 3.13. The number of rotatable bonds is 5. The highest BCUT2D eigenvalue weighted by Gasteiger charge is 2.41. The normalized spacial score (nSPS) is 16.7. The molecule has 1 atom stereocenters. The first-order valence-corrected chi connectivity index (χ1v) is 11.0. The number of hydrogen-bond donors (Lipinski definition) is 1. The first kappa shape index (κ1) is 18.4. The Morgan fingerprint density at radius 1 is 1.36 bits per heavy atom. The maximum Gasteiger partial charge on any atom is 0.249 e. The van der Waals surface area contributed by atoms with Crippen molar-refractivity contribution in [1.29, 1.82) is 0 Å². The highest BCUT2D eigenvalue weighted by atomic mass is 35.5. The van der Waals surface area contributed by atoms with Crippen LogP contribution in [0.5, 0.6) is 0 Å². The Hall–Kier alpha value is -1.44. The predicted molar refractivity (Wildman–Crippen MR) is 101 cm³/mol. The molecule has 0 aliphatic heterocycles. The molecule has 5 nitrogen and oxygen atoms in total. The fourth-order valence-corrected chi connectivity index (χ4v) is 6.11. The van der Waals surface area contributed by atoms with Gasteiger partial charge in [-0.05, 0) is 37.0 Å². The molecule has 1 aromatic carbocycles. The first-order valence-electron chi connectivity index (χ1n) is 8.08. The summed E-state index contributed by atoms with van der Waals surface area (Å²) in [5.41, 5.74) is 1.24. The number of benzene rings is 1. The van der Waals surface area contributed by atoms with Gasteiger partial charge in [-0.3, -0.25) is 4.79 Å². The van der Waals surface area contributed by atoms with E-state index in [4.69, 9.17) is 11.6 Å². The van der Waals surface area contributed by atoms with Crippen molar-refractivity contribution in [2.45, 2.75) is 43.1 Å². The van der Waals surface area contributed by atoms with Crippen molar-refractivity contribution in [3.8, 4) is 0 Å². The van der Waals surface area contributed by atoms with Crippen molar-refractivity contribution >= 4 is 43.8 Å². The van der Waals surface area contributed by atoms with E-state index in [0.717, 1.165) is 18.4 Å². The van der Waals surface area contributed by atoms with Gasteiger partial charge in [0.25, 0.3) is 0 Å². The monoisotopic (exact) mass is 398 g/mol. The van der Waals surface area contributed by atoms with Crippen LogP contribution in [0, 0.1) is 6.92 Å². The number of thiazole rings is 1.